The van der Waals surface area contributed by atoms with Gasteiger partial charge in [-0.25, -0.2) is 9.78 Å². The number of hydrogen-bond donors (Lipinski definition) is 1. The predicted molar refractivity (Wildman–Crippen MR) is 128 cm³/mol. The van der Waals surface area contributed by atoms with Crippen molar-refractivity contribution in [3.05, 3.63) is 89.8 Å². The highest BCUT2D eigenvalue weighted by atomic mass is 32.2. The zero-order chi connectivity index (χ0) is 22.6. The molecule has 3 aromatic rings. The van der Waals surface area contributed by atoms with E-state index in [-0.39, 0.29) is 0 Å². The van der Waals surface area contributed by atoms with Gasteiger partial charge in [0.2, 0.25) is 0 Å². The van der Waals surface area contributed by atoms with Crippen LogP contribution in [0.1, 0.15) is 29.8 Å². The van der Waals surface area contributed by atoms with Crippen LogP contribution < -0.4 is 9.47 Å². The molecule has 1 aromatic heterocycles. The monoisotopic (exact) mass is 449 g/mol. The van der Waals surface area contributed by atoms with Crippen LogP contribution in [0.4, 0.5) is 0 Å². The van der Waals surface area contributed by atoms with Crippen molar-refractivity contribution in [2.24, 2.45) is 0 Å². The van der Waals surface area contributed by atoms with Crippen molar-refractivity contribution in [1.82, 2.24) is 4.98 Å². The summed E-state index contributed by atoms with van der Waals surface area (Å²) in [6, 6.07) is 22.0. The molecule has 0 aliphatic carbocycles. The first-order chi connectivity index (χ1) is 15.6. The lowest BCUT2D eigenvalue weighted by Crippen LogP contribution is -2.02. The second kappa shape index (κ2) is 12.6. The van der Waals surface area contributed by atoms with E-state index in [9.17, 15) is 4.79 Å². The summed E-state index contributed by atoms with van der Waals surface area (Å²) >= 11 is 1.69. The first-order valence-electron chi connectivity index (χ1n) is 10.5. The van der Waals surface area contributed by atoms with E-state index < -0.39 is 5.97 Å². The number of aromatic nitrogens is 1. The predicted octanol–water partition coefficient (Wildman–Crippen LogP) is 5.88. The lowest BCUT2D eigenvalue weighted by atomic mass is 10.1. The van der Waals surface area contributed by atoms with Gasteiger partial charge >= 0.3 is 5.97 Å². The van der Waals surface area contributed by atoms with Gasteiger partial charge in [0.15, 0.2) is 0 Å². The molecule has 0 unspecified atom stereocenters. The molecule has 3 rings (SSSR count). The molecule has 0 aliphatic heterocycles. The number of carboxylic acids is 1. The SMILES string of the molecule is COc1ccc(CCCCOc2ccc(CSc3ccccc3)nc2/C=C/C(=O)O)cc1. The summed E-state index contributed by atoms with van der Waals surface area (Å²) in [5, 5.41) is 9.01. The topological polar surface area (TPSA) is 68.7 Å². The number of aliphatic carboxylic acids is 1. The minimum Gasteiger partial charge on any atom is -0.497 e. The fourth-order valence-corrected chi connectivity index (χ4v) is 3.88. The number of thioether (sulfide) groups is 1. The number of pyridine rings is 1. The molecule has 0 bridgehead atoms. The lowest BCUT2D eigenvalue weighted by molar-refractivity contribution is -0.131. The first kappa shape index (κ1) is 23.4. The van der Waals surface area contributed by atoms with Crippen LogP contribution in [0.3, 0.4) is 0 Å². The Hall–Kier alpha value is -3.25. The van der Waals surface area contributed by atoms with E-state index in [0.29, 0.717) is 23.8 Å². The number of carbonyl (C=O) groups is 1. The molecule has 0 fully saturated rings. The third-order valence-corrected chi connectivity index (χ3v) is 5.78. The van der Waals surface area contributed by atoms with Gasteiger partial charge in [-0.3, -0.25) is 0 Å². The van der Waals surface area contributed by atoms with Gasteiger partial charge in [-0.15, -0.1) is 11.8 Å². The van der Waals surface area contributed by atoms with E-state index in [2.05, 4.69) is 29.2 Å². The average Bonchev–Trinajstić information content (AvgIpc) is 2.83. The van der Waals surface area contributed by atoms with E-state index >= 15 is 0 Å². The number of hydrogen-bond acceptors (Lipinski definition) is 5. The molecule has 0 saturated heterocycles. The highest BCUT2D eigenvalue weighted by molar-refractivity contribution is 7.98. The molecule has 0 amide bonds. The average molecular weight is 450 g/mol. The number of benzene rings is 2. The summed E-state index contributed by atoms with van der Waals surface area (Å²) in [7, 11) is 1.66. The summed E-state index contributed by atoms with van der Waals surface area (Å²) < 4.78 is 11.1. The molecule has 0 atom stereocenters. The van der Waals surface area contributed by atoms with Gasteiger partial charge in [0, 0.05) is 16.7 Å². The fourth-order valence-electron chi connectivity index (χ4n) is 3.06. The third kappa shape index (κ3) is 7.78. The summed E-state index contributed by atoms with van der Waals surface area (Å²) in [5.41, 5.74) is 2.67. The quantitative estimate of drug-likeness (QED) is 0.211. The lowest BCUT2D eigenvalue weighted by Gasteiger charge is -2.11. The molecule has 166 valence electrons. The minimum atomic E-state index is -1.01. The van der Waals surface area contributed by atoms with Crippen molar-refractivity contribution in [3.63, 3.8) is 0 Å². The van der Waals surface area contributed by atoms with E-state index in [0.717, 1.165) is 41.7 Å². The van der Waals surface area contributed by atoms with Crippen molar-refractivity contribution < 1.29 is 19.4 Å². The summed E-state index contributed by atoms with van der Waals surface area (Å²) in [4.78, 5) is 16.8. The molecule has 1 heterocycles. The molecule has 5 nitrogen and oxygen atoms in total. The number of rotatable bonds is 12. The Morgan fingerprint density at radius 1 is 1.03 bits per heavy atom. The molecular formula is C26H27NO4S. The Morgan fingerprint density at radius 2 is 1.81 bits per heavy atom. The van der Waals surface area contributed by atoms with E-state index in [4.69, 9.17) is 14.6 Å². The standard InChI is InChI=1S/C26H27NO4S/c1-30-22-13-10-20(11-14-22)7-5-6-18-31-25-16-12-21(27-24(25)15-17-26(28)29)19-32-23-8-3-2-4-9-23/h2-4,8-17H,5-7,18-19H2,1H3,(H,28,29)/b17-15+. The van der Waals surface area contributed by atoms with Gasteiger partial charge < -0.3 is 14.6 Å². The number of aryl methyl sites for hydroxylation is 1. The maximum atomic E-state index is 11.0. The van der Waals surface area contributed by atoms with Gasteiger partial charge in [0.05, 0.1) is 19.4 Å². The first-order valence-corrected chi connectivity index (χ1v) is 11.5. The second-order valence-corrected chi connectivity index (χ2v) is 8.16. The molecule has 0 saturated carbocycles. The van der Waals surface area contributed by atoms with Crippen molar-refractivity contribution in [3.8, 4) is 11.5 Å². The van der Waals surface area contributed by atoms with E-state index in [1.54, 1.807) is 18.9 Å². The summed E-state index contributed by atoms with van der Waals surface area (Å²) in [6.07, 6.45) is 5.43. The zero-order valence-corrected chi connectivity index (χ0v) is 18.9. The molecule has 32 heavy (non-hydrogen) atoms. The van der Waals surface area contributed by atoms with Crippen LogP contribution in [0.2, 0.25) is 0 Å². The number of nitrogens with zero attached hydrogens (tertiary/aromatic N) is 1. The molecule has 2 aromatic carbocycles. The van der Waals surface area contributed by atoms with Crippen LogP contribution in [0.25, 0.3) is 6.08 Å². The van der Waals surface area contributed by atoms with Gasteiger partial charge in [-0.2, -0.15) is 0 Å². The normalized spacial score (nSPS) is 10.9. The largest absolute Gasteiger partial charge is 0.497 e. The second-order valence-electron chi connectivity index (χ2n) is 7.11. The molecule has 0 radical (unpaired) electrons. The molecule has 0 aliphatic rings. The molecular weight excluding hydrogens is 422 g/mol. The van der Waals surface area contributed by atoms with Crippen molar-refractivity contribution in [2.75, 3.05) is 13.7 Å². The summed E-state index contributed by atoms with van der Waals surface area (Å²) in [6.45, 7) is 0.545. The van der Waals surface area contributed by atoms with Gasteiger partial charge in [0.25, 0.3) is 0 Å². The Labute approximate surface area is 193 Å². The number of methoxy groups -OCH3 is 1. The van der Waals surface area contributed by atoms with Crippen LogP contribution in [-0.4, -0.2) is 29.8 Å². The molecule has 1 N–H and O–H groups in total. The van der Waals surface area contributed by atoms with Crippen LogP contribution in [0.5, 0.6) is 11.5 Å². The number of carboxylic acid groups (broad SMARTS) is 1. The fraction of sp³-hybridized carbons (Fsp3) is 0.231. The van der Waals surface area contributed by atoms with Gasteiger partial charge in [0.1, 0.15) is 17.2 Å². The third-order valence-electron chi connectivity index (χ3n) is 4.73. The Morgan fingerprint density at radius 3 is 2.53 bits per heavy atom. The zero-order valence-electron chi connectivity index (χ0n) is 18.1. The number of unbranched alkanes of at least 4 members (excludes halogenated alkanes) is 1. The Kier molecular flexibility index (Phi) is 9.20. The van der Waals surface area contributed by atoms with Crippen molar-refractivity contribution in [1.29, 1.82) is 0 Å². The maximum absolute atomic E-state index is 11.0. The molecule has 6 heteroatoms. The smallest absolute Gasteiger partial charge is 0.328 e. The van der Waals surface area contributed by atoms with E-state index in [1.807, 2.05) is 42.5 Å². The van der Waals surface area contributed by atoms with Crippen molar-refractivity contribution in [2.45, 2.75) is 29.9 Å². The minimum absolute atomic E-state index is 0.536. The van der Waals surface area contributed by atoms with Gasteiger partial charge in [-0.1, -0.05) is 30.3 Å². The van der Waals surface area contributed by atoms with Crippen molar-refractivity contribution >= 4 is 23.8 Å². The maximum Gasteiger partial charge on any atom is 0.328 e. The highest BCUT2D eigenvalue weighted by Crippen LogP contribution is 2.25. The van der Waals surface area contributed by atoms with Crippen LogP contribution in [-0.2, 0) is 17.0 Å². The van der Waals surface area contributed by atoms with E-state index in [1.165, 1.54) is 11.6 Å². The Bertz CT molecular complexity index is 1020. The highest BCUT2D eigenvalue weighted by Gasteiger charge is 2.07. The van der Waals surface area contributed by atoms with Gasteiger partial charge in [-0.05, 0) is 67.3 Å². The van der Waals surface area contributed by atoms with Crippen LogP contribution in [0, 0.1) is 0 Å². The van der Waals surface area contributed by atoms with Crippen LogP contribution >= 0.6 is 11.8 Å². The number of ether oxygens (including phenoxy) is 2. The van der Waals surface area contributed by atoms with Crippen LogP contribution in [0.15, 0.2) is 77.7 Å². The molecule has 0 spiro atoms. The summed E-state index contributed by atoms with van der Waals surface area (Å²) in [5.74, 6) is 1.14. The Balaban J connectivity index is 1.54.